The molecule has 0 unspecified atom stereocenters. The standard InChI is InChI=1S/C20H16O2/c1-2-4-13-7-8-16-15(9-13)12-22-20-11-17-14(10-18(16)20)5-3-6-19(17)21/h7-11H,3,5-6,12H2,1H3. The molecule has 0 atom stereocenters. The molecule has 1 heterocycles. The van der Waals surface area contributed by atoms with Gasteiger partial charge in [0.1, 0.15) is 12.4 Å². The SMILES string of the molecule is CC#Cc1ccc2c(c1)COc1cc3c(cc1-2)CCCC3=O. The molecule has 2 aliphatic rings. The average Bonchev–Trinajstić information content (AvgIpc) is 2.54. The summed E-state index contributed by atoms with van der Waals surface area (Å²) in [5, 5.41) is 0. The lowest BCUT2D eigenvalue weighted by Gasteiger charge is -2.24. The molecule has 1 aliphatic carbocycles. The number of ketones is 1. The molecular weight excluding hydrogens is 272 g/mol. The fourth-order valence-corrected chi connectivity index (χ4v) is 3.35. The van der Waals surface area contributed by atoms with E-state index >= 15 is 0 Å². The normalized spacial score (nSPS) is 14.9. The molecule has 2 nitrogen and oxygen atoms in total. The van der Waals surface area contributed by atoms with Crippen LogP contribution in [0.4, 0.5) is 0 Å². The van der Waals surface area contributed by atoms with Crippen molar-refractivity contribution in [1.29, 1.82) is 0 Å². The van der Waals surface area contributed by atoms with Gasteiger partial charge in [-0.3, -0.25) is 4.79 Å². The van der Waals surface area contributed by atoms with E-state index in [1.54, 1.807) is 0 Å². The molecule has 1 aliphatic heterocycles. The molecular formula is C20H16O2. The third kappa shape index (κ3) is 2.02. The molecule has 0 spiro atoms. The highest BCUT2D eigenvalue weighted by Gasteiger charge is 2.24. The van der Waals surface area contributed by atoms with Gasteiger partial charge in [-0.1, -0.05) is 12.0 Å². The summed E-state index contributed by atoms with van der Waals surface area (Å²) in [7, 11) is 0. The number of carbonyl (C=O) groups excluding carboxylic acids is 1. The number of ether oxygens (including phenoxy) is 1. The van der Waals surface area contributed by atoms with Gasteiger partial charge >= 0.3 is 0 Å². The predicted molar refractivity (Wildman–Crippen MR) is 86.0 cm³/mol. The lowest BCUT2D eigenvalue weighted by atomic mass is 9.86. The number of hydrogen-bond acceptors (Lipinski definition) is 2. The molecule has 0 aromatic heterocycles. The van der Waals surface area contributed by atoms with Crippen LogP contribution in [-0.2, 0) is 13.0 Å². The number of hydrogen-bond donors (Lipinski definition) is 0. The maximum Gasteiger partial charge on any atom is 0.163 e. The molecule has 0 N–H and O–H groups in total. The molecule has 0 amide bonds. The monoisotopic (exact) mass is 288 g/mol. The zero-order chi connectivity index (χ0) is 15.1. The van der Waals surface area contributed by atoms with Gasteiger partial charge in [0.25, 0.3) is 0 Å². The first-order valence-electron chi connectivity index (χ1n) is 7.65. The van der Waals surface area contributed by atoms with E-state index in [1.165, 1.54) is 5.56 Å². The van der Waals surface area contributed by atoms with Crippen LogP contribution in [0.3, 0.4) is 0 Å². The second kappa shape index (κ2) is 5.03. The third-order valence-electron chi connectivity index (χ3n) is 4.40. The Bertz CT molecular complexity index is 850. The molecule has 0 bridgehead atoms. The molecule has 22 heavy (non-hydrogen) atoms. The Hall–Kier alpha value is -2.53. The van der Waals surface area contributed by atoms with Crippen LogP contribution in [0.5, 0.6) is 5.75 Å². The minimum absolute atomic E-state index is 0.243. The van der Waals surface area contributed by atoms with Crippen LogP contribution in [0.2, 0.25) is 0 Å². The van der Waals surface area contributed by atoms with Crippen LogP contribution in [0.1, 0.15) is 46.8 Å². The summed E-state index contributed by atoms with van der Waals surface area (Å²) in [5.74, 6) is 7.09. The van der Waals surface area contributed by atoms with Crippen LogP contribution < -0.4 is 4.74 Å². The highest BCUT2D eigenvalue weighted by atomic mass is 16.5. The van der Waals surface area contributed by atoms with Crippen molar-refractivity contribution < 1.29 is 9.53 Å². The van der Waals surface area contributed by atoms with E-state index in [0.29, 0.717) is 13.0 Å². The van der Waals surface area contributed by atoms with Crippen molar-refractivity contribution >= 4 is 5.78 Å². The average molecular weight is 288 g/mol. The zero-order valence-corrected chi connectivity index (χ0v) is 12.5. The highest BCUT2D eigenvalue weighted by molar-refractivity contribution is 6.00. The number of carbonyl (C=O) groups is 1. The Labute approximate surface area is 130 Å². The Balaban J connectivity index is 1.87. The molecule has 108 valence electrons. The summed E-state index contributed by atoms with van der Waals surface area (Å²) >= 11 is 0. The third-order valence-corrected chi connectivity index (χ3v) is 4.40. The van der Waals surface area contributed by atoms with Gasteiger partial charge in [-0.15, -0.1) is 5.92 Å². The molecule has 0 radical (unpaired) electrons. The van der Waals surface area contributed by atoms with E-state index in [2.05, 4.69) is 36.1 Å². The van der Waals surface area contributed by atoms with Crippen LogP contribution in [0.25, 0.3) is 11.1 Å². The van der Waals surface area contributed by atoms with E-state index in [4.69, 9.17) is 4.74 Å². The lowest BCUT2D eigenvalue weighted by molar-refractivity contribution is 0.0972. The number of benzene rings is 2. The van der Waals surface area contributed by atoms with Gasteiger partial charge in [0.15, 0.2) is 5.78 Å². The van der Waals surface area contributed by atoms with Crippen molar-refractivity contribution in [3.8, 4) is 28.7 Å². The van der Waals surface area contributed by atoms with Crippen molar-refractivity contribution in [1.82, 2.24) is 0 Å². The van der Waals surface area contributed by atoms with Crippen molar-refractivity contribution in [3.05, 3.63) is 52.6 Å². The number of rotatable bonds is 0. The number of fused-ring (bicyclic) bond motifs is 4. The highest BCUT2D eigenvalue weighted by Crippen LogP contribution is 2.41. The molecule has 4 rings (SSSR count). The van der Waals surface area contributed by atoms with Crippen molar-refractivity contribution in [2.45, 2.75) is 32.8 Å². The van der Waals surface area contributed by atoms with Crippen LogP contribution >= 0.6 is 0 Å². The summed E-state index contributed by atoms with van der Waals surface area (Å²) in [5.41, 5.74) is 6.48. The second-order valence-corrected chi connectivity index (χ2v) is 5.82. The van der Waals surface area contributed by atoms with E-state index in [0.717, 1.165) is 46.4 Å². The van der Waals surface area contributed by atoms with E-state index in [9.17, 15) is 4.79 Å². The molecule has 0 saturated carbocycles. The van der Waals surface area contributed by atoms with Crippen molar-refractivity contribution in [2.75, 3.05) is 0 Å². The fraction of sp³-hybridized carbons (Fsp3) is 0.250. The number of Topliss-reactive ketones (excluding diaryl/α,β-unsaturated/α-hetero) is 1. The minimum Gasteiger partial charge on any atom is -0.488 e. The molecule has 2 aromatic rings. The van der Waals surface area contributed by atoms with Gasteiger partial charge in [0, 0.05) is 23.1 Å². The molecule has 2 heteroatoms. The Kier molecular flexibility index (Phi) is 3.01. The summed E-state index contributed by atoms with van der Waals surface area (Å²) in [6.07, 6.45) is 2.58. The fourth-order valence-electron chi connectivity index (χ4n) is 3.35. The van der Waals surface area contributed by atoms with Gasteiger partial charge < -0.3 is 4.74 Å². The van der Waals surface area contributed by atoms with Crippen LogP contribution in [0.15, 0.2) is 30.3 Å². The number of aryl methyl sites for hydroxylation is 1. The van der Waals surface area contributed by atoms with Crippen molar-refractivity contribution in [3.63, 3.8) is 0 Å². The molecule has 0 saturated heterocycles. The minimum atomic E-state index is 0.243. The zero-order valence-electron chi connectivity index (χ0n) is 12.5. The van der Waals surface area contributed by atoms with E-state index in [-0.39, 0.29) is 5.78 Å². The maximum atomic E-state index is 12.1. The smallest absolute Gasteiger partial charge is 0.163 e. The van der Waals surface area contributed by atoms with E-state index in [1.807, 2.05) is 13.0 Å². The van der Waals surface area contributed by atoms with Gasteiger partial charge in [0.05, 0.1) is 0 Å². The maximum absolute atomic E-state index is 12.1. The second-order valence-electron chi connectivity index (χ2n) is 5.82. The first kappa shape index (κ1) is 13.2. The first-order chi connectivity index (χ1) is 10.8. The van der Waals surface area contributed by atoms with Gasteiger partial charge in [0.2, 0.25) is 0 Å². The van der Waals surface area contributed by atoms with Crippen LogP contribution in [0, 0.1) is 11.8 Å². The lowest BCUT2D eigenvalue weighted by Crippen LogP contribution is -2.13. The summed E-state index contributed by atoms with van der Waals surface area (Å²) in [4.78, 5) is 12.1. The summed E-state index contributed by atoms with van der Waals surface area (Å²) in [6.45, 7) is 2.38. The quantitative estimate of drug-likeness (QED) is 0.681. The van der Waals surface area contributed by atoms with Crippen molar-refractivity contribution in [2.24, 2.45) is 0 Å². The van der Waals surface area contributed by atoms with Gasteiger partial charge in [-0.25, -0.2) is 0 Å². The van der Waals surface area contributed by atoms with Crippen LogP contribution in [-0.4, -0.2) is 5.78 Å². The Morgan fingerprint density at radius 3 is 2.77 bits per heavy atom. The van der Waals surface area contributed by atoms with Gasteiger partial charge in [-0.2, -0.15) is 0 Å². The Morgan fingerprint density at radius 2 is 1.91 bits per heavy atom. The van der Waals surface area contributed by atoms with E-state index < -0.39 is 0 Å². The largest absolute Gasteiger partial charge is 0.488 e. The Morgan fingerprint density at radius 1 is 1.00 bits per heavy atom. The predicted octanol–water partition coefficient (Wildman–Crippen LogP) is 4.14. The summed E-state index contributed by atoms with van der Waals surface area (Å²) < 4.78 is 5.90. The summed E-state index contributed by atoms with van der Waals surface area (Å²) in [6, 6.07) is 10.3. The molecule has 2 aromatic carbocycles. The topological polar surface area (TPSA) is 26.3 Å². The van der Waals surface area contributed by atoms with Gasteiger partial charge in [-0.05, 0) is 60.7 Å². The molecule has 0 fully saturated rings. The first-order valence-corrected chi connectivity index (χ1v) is 7.65.